The van der Waals surface area contributed by atoms with Gasteiger partial charge in [0.2, 0.25) is 0 Å². The summed E-state index contributed by atoms with van der Waals surface area (Å²) in [6.45, 7) is 7.38. The van der Waals surface area contributed by atoms with Crippen LogP contribution in [0.1, 0.15) is 44.6 Å². The largest absolute Gasteiger partial charge is 0.491 e. The maximum absolute atomic E-state index is 14.2. The fourth-order valence-electron chi connectivity index (χ4n) is 3.62. The van der Waals surface area contributed by atoms with Crippen LogP contribution in [-0.2, 0) is 18.8 Å². The summed E-state index contributed by atoms with van der Waals surface area (Å²) >= 11 is 5.80. The van der Waals surface area contributed by atoms with Crippen molar-refractivity contribution in [1.29, 1.82) is 0 Å². The summed E-state index contributed by atoms with van der Waals surface area (Å²) < 4.78 is 37.3. The van der Waals surface area contributed by atoms with Crippen molar-refractivity contribution in [3.8, 4) is 5.75 Å². The number of Topliss-reactive ketones (excluding diaryl/α,β-unsaturated/α-hetero) is 1. The van der Waals surface area contributed by atoms with Gasteiger partial charge in [0.1, 0.15) is 11.7 Å². The number of hydrogen-bond acceptors (Lipinski definition) is 8. The van der Waals surface area contributed by atoms with Crippen LogP contribution in [0.15, 0.2) is 36.8 Å². The van der Waals surface area contributed by atoms with Crippen molar-refractivity contribution in [3.05, 3.63) is 53.3 Å². The molecule has 1 aromatic carbocycles. The first-order valence-electron chi connectivity index (χ1n) is 11.5. The highest BCUT2D eigenvalue weighted by atomic mass is 35.5. The van der Waals surface area contributed by atoms with Gasteiger partial charge in [-0.2, -0.15) is 0 Å². The van der Waals surface area contributed by atoms with Crippen LogP contribution in [0, 0.1) is 5.82 Å². The number of carbonyl (C=O) groups excluding carboxylic acids is 2. The number of benzene rings is 1. The van der Waals surface area contributed by atoms with Crippen molar-refractivity contribution in [2.45, 2.75) is 57.2 Å². The fourth-order valence-corrected chi connectivity index (χ4v) is 3.78. The molecule has 2 atom stereocenters. The van der Waals surface area contributed by atoms with E-state index in [9.17, 15) is 14.0 Å². The van der Waals surface area contributed by atoms with E-state index in [0.29, 0.717) is 0 Å². The van der Waals surface area contributed by atoms with Gasteiger partial charge in [0.15, 0.2) is 17.3 Å². The van der Waals surface area contributed by atoms with Crippen LogP contribution < -0.4 is 10.1 Å². The predicted molar refractivity (Wildman–Crippen MR) is 132 cm³/mol. The lowest BCUT2D eigenvalue weighted by Gasteiger charge is -2.32. The van der Waals surface area contributed by atoms with Gasteiger partial charge in [-0.1, -0.05) is 11.6 Å². The lowest BCUT2D eigenvalue weighted by atomic mass is 9.66. The zero-order valence-electron chi connectivity index (χ0n) is 20.9. The van der Waals surface area contributed by atoms with E-state index < -0.39 is 41.9 Å². The molecule has 9 nitrogen and oxygen atoms in total. The third kappa shape index (κ3) is 6.58. The molecule has 0 bridgehead atoms. The number of rotatable bonds is 11. The number of ketones is 1. The number of nitrogens with one attached hydrogen (secondary N) is 1. The van der Waals surface area contributed by atoms with Gasteiger partial charge in [0.25, 0.3) is 5.91 Å². The molecule has 0 saturated carbocycles. The Balaban J connectivity index is 1.80. The number of methoxy groups -OCH3 is 1. The van der Waals surface area contributed by atoms with Crippen LogP contribution in [0.25, 0.3) is 0 Å². The summed E-state index contributed by atoms with van der Waals surface area (Å²) in [6.07, 6.45) is 4.23. The molecule has 1 amide bonds. The first-order chi connectivity index (χ1) is 16.9. The summed E-state index contributed by atoms with van der Waals surface area (Å²) in [7, 11) is 0.499. The first kappa shape index (κ1) is 28.0. The Labute approximate surface area is 215 Å². The van der Waals surface area contributed by atoms with E-state index in [4.69, 9.17) is 30.4 Å². The first-order valence-corrected chi connectivity index (χ1v) is 11.9. The smallest absolute Gasteiger partial charge is 0.469 e. The number of hydrogen-bond donors (Lipinski definition) is 1. The highest BCUT2D eigenvalue weighted by Gasteiger charge is 2.55. The third-order valence-corrected chi connectivity index (χ3v) is 6.56. The lowest BCUT2D eigenvalue weighted by molar-refractivity contribution is -0.122. The molecular weight excluding hydrogens is 492 g/mol. The van der Waals surface area contributed by atoms with E-state index in [1.54, 1.807) is 0 Å². The minimum Gasteiger partial charge on any atom is -0.491 e. The lowest BCUT2D eigenvalue weighted by Crippen LogP contribution is -2.48. The van der Waals surface area contributed by atoms with Crippen LogP contribution in [0.5, 0.6) is 5.75 Å². The second-order valence-electron chi connectivity index (χ2n) is 9.42. The summed E-state index contributed by atoms with van der Waals surface area (Å²) in [5.41, 5.74) is -1.34. The van der Waals surface area contributed by atoms with Crippen molar-refractivity contribution in [1.82, 2.24) is 15.3 Å². The Hall–Kier alpha value is -2.60. The number of ether oxygens (including phenoxy) is 2. The van der Waals surface area contributed by atoms with Crippen molar-refractivity contribution < 1.29 is 32.8 Å². The normalized spacial score (nSPS) is 17.9. The Kier molecular flexibility index (Phi) is 9.05. The van der Waals surface area contributed by atoms with Crippen molar-refractivity contribution in [2.75, 3.05) is 20.3 Å². The molecule has 1 N–H and O–H groups in total. The van der Waals surface area contributed by atoms with Crippen LogP contribution in [0.4, 0.5) is 4.39 Å². The number of carbonyl (C=O) groups is 2. The average Bonchev–Trinajstić information content (AvgIpc) is 3.04. The third-order valence-electron chi connectivity index (χ3n) is 6.32. The molecule has 194 valence electrons. The van der Waals surface area contributed by atoms with Crippen molar-refractivity contribution in [2.24, 2.45) is 0 Å². The Morgan fingerprint density at radius 3 is 2.47 bits per heavy atom. The highest BCUT2D eigenvalue weighted by molar-refractivity contribution is 6.53. The maximum atomic E-state index is 14.2. The van der Waals surface area contributed by atoms with Crippen LogP contribution in [-0.4, -0.2) is 66.3 Å². The van der Waals surface area contributed by atoms with Gasteiger partial charge >= 0.3 is 7.12 Å². The molecule has 12 heteroatoms. The van der Waals surface area contributed by atoms with E-state index in [-0.39, 0.29) is 41.9 Å². The number of aromatic nitrogens is 2. The molecule has 1 saturated heterocycles. The van der Waals surface area contributed by atoms with E-state index in [2.05, 4.69) is 15.3 Å². The van der Waals surface area contributed by atoms with Gasteiger partial charge in [0.05, 0.1) is 36.4 Å². The minimum atomic E-state index is -1.03. The molecule has 0 spiro atoms. The monoisotopic (exact) mass is 521 g/mol. The van der Waals surface area contributed by atoms with E-state index in [1.165, 1.54) is 37.8 Å². The van der Waals surface area contributed by atoms with Crippen LogP contribution in [0.2, 0.25) is 10.8 Å². The second-order valence-corrected chi connectivity index (χ2v) is 9.85. The molecule has 2 aromatic rings. The van der Waals surface area contributed by atoms with Gasteiger partial charge < -0.3 is 24.1 Å². The van der Waals surface area contributed by atoms with E-state index in [1.807, 2.05) is 27.7 Å². The number of nitrogens with zero attached hydrogens (tertiary/aromatic N) is 2. The molecule has 1 fully saturated rings. The molecule has 1 aliphatic rings. The average molecular weight is 522 g/mol. The molecule has 1 unspecified atom stereocenters. The molecule has 0 radical (unpaired) electrons. The van der Waals surface area contributed by atoms with Gasteiger partial charge in [-0.25, -0.2) is 9.37 Å². The molecular formula is C24H30BClFN3O6. The number of halogens is 2. The topological polar surface area (TPSA) is 109 Å². The van der Waals surface area contributed by atoms with Crippen LogP contribution >= 0.6 is 11.6 Å². The summed E-state index contributed by atoms with van der Waals surface area (Å²) in [5.74, 6) is -2.43. The maximum Gasteiger partial charge on any atom is 0.469 e. The standard InChI is InChI=1S/C24H30BClFN3O6/c1-23(2)24(3,4)36-25(35-23)16(8-11-34-20-7-6-15(26)12-17(20)27)21(31)19(14-33-5)30-22(32)18-13-28-9-10-29-18/h6-7,9-10,12-13,16,19H,8,11,14H2,1-5H3,(H,30,32)/t16-,19?/m1/s1. The number of amides is 1. The zero-order valence-corrected chi connectivity index (χ0v) is 21.7. The minimum absolute atomic E-state index is 0.00362. The summed E-state index contributed by atoms with van der Waals surface area (Å²) in [5, 5.41) is 2.90. The molecule has 2 heterocycles. The SMILES string of the molecule is COCC(NC(=O)c1cnccn1)C(=O)[C@@H](CCOc1ccc(Cl)cc1F)B1OC(C)(C)C(C)(C)O1. The zero-order chi connectivity index (χ0) is 26.5. The van der Waals surface area contributed by atoms with Crippen LogP contribution in [0.3, 0.4) is 0 Å². The molecule has 36 heavy (non-hydrogen) atoms. The fraction of sp³-hybridized carbons (Fsp3) is 0.500. The van der Waals surface area contributed by atoms with E-state index in [0.717, 1.165) is 6.07 Å². The summed E-state index contributed by atoms with van der Waals surface area (Å²) in [4.78, 5) is 34.3. The van der Waals surface area contributed by atoms with Crippen molar-refractivity contribution in [3.63, 3.8) is 0 Å². The highest BCUT2D eigenvalue weighted by Crippen LogP contribution is 2.41. The molecule has 1 aromatic heterocycles. The molecule has 3 rings (SSSR count). The van der Waals surface area contributed by atoms with Gasteiger partial charge in [0, 0.05) is 24.5 Å². The predicted octanol–water partition coefficient (Wildman–Crippen LogP) is 3.51. The quantitative estimate of drug-likeness (QED) is 0.448. The van der Waals surface area contributed by atoms with Gasteiger partial charge in [-0.05, 0) is 52.3 Å². The molecule has 1 aliphatic heterocycles. The van der Waals surface area contributed by atoms with E-state index >= 15 is 0 Å². The summed E-state index contributed by atoms with van der Waals surface area (Å²) in [6, 6.07) is 3.04. The Bertz CT molecular complexity index is 1060. The second kappa shape index (κ2) is 11.6. The Morgan fingerprint density at radius 2 is 1.89 bits per heavy atom. The Morgan fingerprint density at radius 1 is 1.19 bits per heavy atom. The van der Waals surface area contributed by atoms with Crippen molar-refractivity contribution >= 4 is 30.4 Å². The molecule has 0 aliphatic carbocycles. The van der Waals surface area contributed by atoms with Gasteiger partial charge in [-0.3, -0.25) is 14.6 Å². The van der Waals surface area contributed by atoms with Gasteiger partial charge in [-0.15, -0.1) is 0 Å².